The summed E-state index contributed by atoms with van der Waals surface area (Å²) in [5.41, 5.74) is 0. The van der Waals surface area contributed by atoms with E-state index in [-0.39, 0.29) is 103 Å². The van der Waals surface area contributed by atoms with Gasteiger partial charge in [-0.25, -0.2) is 0 Å². The fraction of sp³-hybridized carbons (Fsp3) is 0. The van der Waals surface area contributed by atoms with Crippen molar-refractivity contribution in [3.05, 3.63) is 0 Å². The van der Waals surface area contributed by atoms with Crippen molar-refractivity contribution >= 4 is 78.5 Å². The molecule has 0 spiro atoms. The molecule has 0 saturated heterocycles. The maximum atomic E-state index is 8.53. The summed E-state index contributed by atoms with van der Waals surface area (Å²) in [5, 5.41) is 0. The Kier molecular flexibility index (Phi) is 285. The number of rotatable bonds is 0. The smallest absolute Gasteiger partial charge is 1.00 e. The molecule has 0 unspecified atom stereocenters. The van der Waals surface area contributed by atoms with Crippen LogP contribution < -0.4 is 97.7 Å². The molecule has 18 heteroatoms. The molecule has 0 atom stereocenters. The number of hydrogen-bond donors (Lipinski definition) is 0. The molecule has 0 amide bonds. The second kappa shape index (κ2) is 104. The summed E-state index contributed by atoms with van der Waals surface area (Å²) >= 11 is -10.9. The Morgan fingerprint density at radius 2 is 0.500 bits per heavy atom. The van der Waals surface area contributed by atoms with Crippen LogP contribution in [0.4, 0.5) is 0 Å². The average Bonchev–Trinajstić information content (AvgIpc) is 2.09. The van der Waals surface area contributed by atoms with E-state index in [9.17, 15) is 0 Å². The monoisotopic (exact) mass is 671 g/mol. The molecule has 0 aliphatic heterocycles. The van der Waals surface area contributed by atoms with Gasteiger partial charge >= 0.3 is 221 Å². The van der Waals surface area contributed by atoms with Gasteiger partial charge in [-0.1, -0.05) is 0 Å². The molecule has 0 aromatic carbocycles. The fourth-order valence-electron chi connectivity index (χ4n) is 0. The van der Waals surface area contributed by atoms with Crippen molar-refractivity contribution in [3.63, 3.8) is 0 Å². The van der Waals surface area contributed by atoms with Crippen LogP contribution in [0.3, 0.4) is 0 Å². The van der Waals surface area contributed by atoms with Crippen molar-refractivity contribution in [1.82, 2.24) is 0 Å². The summed E-state index contributed by atoms with van der Waals surface area (Å²) in [5.74, 6) is 0. The predicted octanol–water partition coefficient (Wildman–Crippen LogP) is -15.8. The third-order valence-electron chi connectivity index (χ3n) is 0. The predicted molar refractivity (Wildman–Crippen MR) is 39.2 cm³/mol. The van der Waals surface area contributed by atoms with Crippen molar-refractivity contribution in [2.45, 2.75) is 0 Å². The summed E-state index contributed by atoms with van der Waals surface area (Å²) in [7, 11) is 0. The van der Waals surface area contributed by atoms with E-state index in [1.54, 1.807) is 0 Å². The van der Waals surface area contributed by atoms with Crippen LogP contribution in [0.25, 0.3) is 0 Å². The molecule has 0 heterocycles. The molecule has 90 valence electrons. The topological polar surface area (TPSA) is 201 Å². The zero-order valence-electron chi connectivity index (χ0n) is 9.55. The molecule has 18 heavy (non-hydrogen) atoms. The van der Waals surface area contributed by atoms with Gasteiger partial charge in [-0.3, -0.25) is 0 Å². The molecular weight excluding hydrogens is 660 g/mol. The Labute approximate surface area is 215 Å². The molecule has 0 aromatic rings. The van der Waals surface area contributed by atoms with E-state index >= 15 is 0 Å². The molecule has 0 rings (SSSR count). The van der Waals surface area contributed by atoms with Gasteiger partial charge in [0.15, 0.2) is 0 Å². The Bertz CT molecular complexity index is 103. The summed E-state index contributed by atoms with van der Waals surface area (Å²) in [6.07, 6.45) is 0. The summed E-state index contributed by atoms with van der Waals surface area (Å²) in [4.78, 5) is 0. The first-order valence-electron chi connectivity index (χ1n) is 2.36. The van der Waals surface area contributed by atoms with E-state index in [4.69, 9.17) is 39.6 Å². The van der Waals surface area contributed by atoms with Crippen LogP contribution in [0.15, 0.2) is 0 Å². The first kappa shape index (κ1) is 49.5. The third-order valence-corrected chi connectivity index (χ3v) is 0. The van der Waals surface area contributed by atoms with E-state index in [2.05, 4.69) is 0 Å². The van der Waals surface area contributed by atoms with Crippen LogP contribution in [0.1, 0.15) is 0 Å². The van der Waals surface area contributed by atoms with Crippen LogP contribution in [-0.4, -0.2) is 78.5 Å². The van der Waals surface area contributed by atoms with Crippen LogP contribution in [0, 0.1) is 0 Å². The second-order valence-corrected chi connectivity index (χ2v) is 2.50. The van der Waals surface area contributed by atoms with Crippen molar-refractivity contribution < 1.29 is 142 Å². The van der Waals surface area contributed by atoms with Gasteiger partial charge in [0.25, 0.3) is 0 Å². The minimum atomic E-state index is -2.19. The third kappa shape index (κ3) is 453. The maximum Gasteiger partial charge on any atom is 3.00 e. The SMILES string of the molecule is [Li+].[O]=[GeH][O-].[O]=[GeH][O-].[O]=[GeH][O-].[O]=[GeH][O-].[O]=[GeH][O-].[Rb+].[Sc+3]. The molecule has 0 aliphatic carbocycles. The van der Waals surface area contributed by atoms with Crippen molar-refractivity contribution in [2.24, 2.45) is 0 Å². The van der Waals surface area contributed by atoms with Gasteiger partial charge in [0.05, 0.1) is 0 Å². The first-order chi connectivity index (χ1) is 7.07. The molecule has 0 saturated carbocycles. The fourth-order valence-corrected chi connectivity index (χ4v) is 0. The van der Waals surface area contributed by atoms with Crippen LogP contribution >= 0.6 is 0 Å². The normalized spacial score (nSPS) is 3.33. The summed E-state index contributed by atoms with van der Waals surface area (Å²) < 4.78 is 85.3. The van der Waals surface area contributed by atoms with Crippen LogP contribution in [0.5, 0.6) is 0 Å². The largest absolute Gasteiger partial charge is 3.00 e. The van der Waals surface area contributed by atoms with E-state index in [0.29, 0.717) is 0 Å². The Balaban J connectivity index is -0.0000000111. The van der Waals surface area contributed by atoms with E-state index < -0.39 is 78.5 Å². The number of hydrogen-bond acceptors (Lipinski definition) is 10. The van der Waals surface area contributed by atoms with Gasteiger partial charge in [-0.15, -0.1) is 0 Å². The zero-order valence-corrected chi connectivity index (χ0v) is 28.4. The van der Waals surface area contributed by atoms with Gasteiger partial charge < -0.3 is 0 Å². The molecule has 0 aliphatic rings. The molecule has 0 fully saturated rings. The maximum absolute atomic E-state index is 8.53. The van der Waals surface area contributed by atoms with Crippen LogP contribution in [-0.2, 0) is 44.7 Å². The Hall–Kier alpha value is 3.99. The van der Waals surface area contributed by atoms with Crippen molar-refractivity contribution in [3.8, 4) is 0 Å². The van der Waals surface area contributed by atoms with Crippen molar-refractivity contribution in [2.75, 3.05) is 0 Å². The molecule has 10 nitrogen and oxygen atoms in total. The molecule has 0 aromatic heterocycles. The molecular formula is H5Ge5LiO10RbSc. The second-order valence-electron chi connectivity index (χ2n) is 0.481. The average molecular weight is 665 g/mol. The first-order valence-corrected chi connectivity index (χ1v) is 12.2. The van der Waals surface area contributed by atoms with E-state index in [1.165, 1.54) is 0 Å². The molecule has 0 bridgehead atoms. The quantitative estimate of drug-likeness (QED) is 0.224. The summed E-state index contributed by atoms with van der Waals surface area (Å²) in [6, 6.07) is 0. The van der Waals surface area contributed by atoms with Crippen molar-refractivity contribution in [1.29, 1.82) is 0 Å². The van der Waals surface area contributed by atoms with Gasteiger partial charge in [-0.05, 0) is 0 Å². The minimum absolute atomic E-state index is 0. The standard InChI is InChI=1S/5GeHO2.Li.Rb.Sc/c5*2-1-3;;;/h5*1H;;;/q5*-1;2*+1;+3. The minimum Gasteiger partial charge on any atom is 1.00 e. The van der Waals surface area contributed by atoms with Gasteiger partial charge in [0.1, 0.15) is 0 Å². The molecule has 0 N–H and O–H groups in total. The Morgan fingerprint density at radius 3 is 0.500 bits per heavy atom. The van der Waals surface area contributed by atoms with Gasteiger partial charge in [0.2, 0.25) is 0 Å². The van der Waals surface area contributed by atoms with Crippen LogP contribution in [0.2, 0.25) is 0 Å². The van der Waals surface area contributed by atoms with E-state index in [1.807, 2.05) is 0 Å². The van der Waals surface area contributed by atoms with Gasteiger partial charge in [-0.2, -0.15) is 0 Å². The molecule has 0 radical (unpaired) electrons. The summed E-state index contributed by atoms with van der Waals surface area (Å²) in [6.45, 7) is 0. The van der Waals surface area contributed by atoms with E-state index in [0.717, 1.165) is 0 Å². The zero-order chi connectivity index (χ0) is 13.5. The Morgan fingerprint density at radius 1 is 0.500 bits per heavy atom. The van der Waals surface area contributed by atoms with Gasteiger partial charge in [0, 0.05) is 0 Å².